The number of hydrogen-bond donors (Lipinski definition) is 1. The predicted molar refractivity (Wildman–Crippen MR) is 59.1 cm³/mol. The summed E-state index contributed by atoms with van der Waals surface area (Å²) in [7, 11) is 0. The van der Waals surface area contributed by atoms with Gasteiger partial charge in [0, 0.05) is 11.6 Å². The van der Waals surface area contributed by atoms with Gasteiger partial charge in [0.1, 0.15) is 11.6 Å². The zero-order valence-electron chi connectivity index (χ0n) is 8.88. The first-order valence-electron chi connectivity index (χ1n) is 4.56. The van der Waals surface area contributed by atoms with Crippen LogP contribution in [0.2, 0.25) is 0 Å². The molecule has 0 aliphatic heterocycles. The Bertz CT molecular complexity index is 555. The molecule has 1 N–H and O–H groups in total. The van der Waals surface area contributed by atoms with Gasteiger partial charge in [-0.2, -0.15) is 5.26 Å². The van der Waals surface area contributed by atoms with E-state index in [-0.39, 0.29) is 5.69 Å². The Morgan fingerprint density at radius 1 is 1.59 bits per heavy atom. The fraction of sp³-hybridized carbons (Fsp3) is 0.0909. The smallest absolute Gasteiger partial charge is 0.346 e. The molecule has 6 heteroatoms. The molecule has 0 fully saturated rings. The summed E-state index contributed by atoms with van der Waals surface area (Å²) in [6.45, 7) is 1.58. The number of carboxylic acids is 1. The van der Waals surface area contributed by atoms with Crippen molar-refractivity contribution in [3.05, 3.63) is 45.0 Å². The Kier molecular flexibility index (Phi) is 3.57. The molecule has 0 bridgehead atoms. The standard InChI is InChI=1S/C11H8N2O4/c1-7-2-3-8(5-10(7)13(16)17)4-9(6-12)11(14)15/h2-5H,1H3,(H,14,15)/b9-4+. The molecule has 0 aromatic heterocycles. The molecule has 0 atom stereocenters. The van der Waals surface area contributed by atoms with Crippen LogP contribution in [0, 0.1) is 28.4 Å². The van der Waals surface area contributed by atoms with Crippen LogP contribution in [0.3, 0.4) is 0 Å². The number of aryl methyl sites for hydroxylation is 1. The molecular formula is C11H8N2O4. The molecule has 0 saturated carbocycles. The highest BCUT2D eigenvalue weighted by atomic mass is 16.6. The van der Waals surface area contributed by atoms with Crippen LogP contribution in [0.25, 0.3) is 6.08 Å². The molecule has 0 saturated heterocycles. The number of nitriles is 1. The van der Waals surface area contributed by atoms with Gasteiger partial charge in [0.2, 0.25) is 0 Å². The quantitative estimate of drug-likeness (QED) is 0.371. The van der Waals surface area contributed by atoms with Crippen molar-refractivity contribution in [3.8, 4) is 6.07 Å². The number of carbonyl (C=O) groups is 1. The summed E-state index contributed by atoms with van der Waals surface area (Å²) in [5, 5.41) is 27.9. The van der Waals surface area contributed by atoms with Crippen LogP contribution in [0.15, 0.2) is 23.8 Å². The Hall–Kier alpha value is -2.68. The molecule has 0 amide bonds. The molecule has 1 aromatic carbocycles. The fourth-order valence-electron chi connectivity index (χ4n) is 1.22. The van der Waals surface area contributed by atoms with E-state index in [0.717, 1.165) is 6.08 Å². The Morgan fingerprint density at radius 2 is 2.24 bits per heavy atom. The van der Waals surface area contributed by atoms with Gasteiger partial charge in [0.05, 0.1) is 4.92 Å². The minimum atomic E-state index is -1.37. The molecule has 6 nitrogen and oxygen atoms in total. The predicted octanol–water partition coefficient (Wildman–Crippen LogP) is 1.89. The van der Waals surface area contributed by atoms with Crippen molar-refractivity contribution < 1.29 is 14.8 Å². The number of aliphatic carboxylic acids is 1. The highest BCUT2D eigenvalue weighted by Crippen LogP contribution is 2.20. The molecule has 1 rings (SSSR count). The van der Waals surface area contributed by atoms with Crippen molar-refractivity contribution in [2.75, 3.05) is 0 Å². The van der Waals surface area contributed by atoms with E-state index in [1.54, 1.807) is 6.92 Å². The summed E-state index contributed by atoms with van der Waals surface area (Å²) in [6, 6.07) is 5.75. The third kappa shape index (κ3) is 2.89. The average molecular weight is 232 g/mol. The van der Waals surface area contributed by atoms with E-state index in [1.165, 1.54) is 24.3 Å². The Labute approximate surface area is 96.6 Å². The SMILES string of the molecule is Cc1ccc(/C=C(\C#N)C(=O)O)cc1[N+](=O)[O-]. The zero-order chi connectivity index (χ0) is 13.0. The number of hydrogen-bond acceptors (Lipinski definition) is 4. The van der Waals surface area contributed by atoms with Crippen molar-refractivity contribution in [1.82, 2.24) is 0 Å². The minimum absolute atomic E-state index is 0.110. The van der Waals surface area contributed by atoms with Gasteiger partial charge < -0.3 is 5.11 Å². The van der Waals surface area contributed by atoms with Gasteiger partial charge in [-0.1, -0.05) is 12.1 Å². The monoisotopic (exact) mass is 232 g/mol. The molecule has 0 aliphatic rings. The Morgan fingerprint density at radius 3 is 2.71 bits per heavy atom. The average Bonchev–Trinajstić information content (AvgIpc) is 2.27. The topological polar surface area (TPSA) is 104 Å². The Balaban J connectivity index is 3.27. The maximum absolute atomic E-state index is 10.7. The second-order valence-electron chi connectivity index (χ2n) is 3.28. The lowest BCUT2D eigenvalue weighted by Crippen LogP contribution is -1.98. The number of nitro groups is 1. The van der Waals surface area contributed by atoms with Gasteiger partial charge in [-0.15, -0.1) is 0 Å². The van der Waals surface area contributed by atoms with Crippen molar-refractivity contribution in [1.29, 1.82) is 5.26 Å². The van der Waals surface area contributed by atoms with Crippen molar-refractivity contribution >= 4 is 17.7 Å². The van der Waals surface area contributed by atoms with Crippen LogP contribution in [0.4, 0.5) is 5.69 Å². The molecule has 17 heavy (non-hydrogen) atoms. The largest absolute Gasteiger partial charge is 0.477 e. The normalized spacial score (nSPS) is 10.7. The number of nitrogens with zero attached hydrogens (tertiary/aromatic N) is 2. The maximum atomic E-state index is 10.7. The lowest BCUT2D eigenvalue weighted by Gasteiger charge is -1.99. The molecule has 0 radical (unpaired) electrons. The van der Waals surface area contributed by atoms with Crippen molar-refractivity contribution in [2.45, 2.75) is 6.92 Å². The van der Waals surface area contributed by atoms with Crippen LogP contribution in [-0.2, 0) is 4.79 Å². The molecule has 0 heterocycles. The van der Waals surface area contributed by atoms with Crippen LogP contribution in [-0.4, -0.2) is 16.0 Å². The lowest BCUT2D eigenvalue weighted by molar-refractivity contribution is -0.385. The molecule has 0 unspecified atom stereocenters. The van der Waals surface area contributed by atoms with Gasteiger partial charge in [0.15, 0.2) is 0 Å². The van der Waals surface area contributed by atoms with E-state index < -0.39 is 16.5 Å². The first-order chi connectivity index (χ1) is 7.95. The highest BCUT2D eigenvalue weighted by molar-refractivity contribution is 5.96. The van der Waals surface area contributed by atoms with Gasteiger partial charge >= 0.3 is 5.97 Å². The first-order valence-corrected chi connectivity index (χ1v) is 4.56. The minimum Gasteiger partial charge on any atom is -0.477 e. The lowest BCUT2D eigenvalue weighted by atomic mass is 10.1. The highest BCUT2D eigenvalue weighted by Gasteiger charge is 2.12. The van der Waals surface area contributed by atoms with Gasteiger partial charge in [-0.05, 0) is 18.6 Å². The van der Waals surface area contributed by atoms with Crippen LogP contribution < -0.4 is 0 Å². The summed E-state index contributed by atoms with van der Waals surface area (Å²) in [4.78, 5) is 20.7. The number of carboxylic acid groups (broad SMARTS) is 1. The van der Waals surface area contributed by atoms with Crippen molar-refractivity contribution in [2.24, 2.45) is 0 Å². The van der Waals surface area contributed by atoms with Gasteiger partial charge in [-0.25, -0.2) is 4.79 Å². The van der Waals surface area contributed by atoms with E-state index in [0.29, 0.717) is 11.1 Å². The zero-order valence-corrected chi connectivity index (χ0v) is 8.88. The number of benzene rings is 1. The van der Waals surface area contributed by atoms with Crippen LogP contribution >= 0.6 is 0 Å². The van der Waals surface area contributed by atoms with E-state index >= 15 is 0 Å². The molecular weight excluding hydrogens is 224 g/mol. The van der Waals surface area contributed by atoms with Gasteiger partial charge in [0.25, 0.3) is 5.69 Å². The van der Waals surface area contributed by atoms with Crippen LogP contribution in [0.5, 0.6) is 0 Å². The summed E-state index contributed by atoms with van der Waals surface area (Å²) >= 11 is 0. The summed E-state index contributed by atoms with van der Waals surface area (Å²) in [5.74, 6) is -1.37. The summed E-state index contributed by atoms with van der Waals surface area (Å²) in [5.41, 5.74) is 0.201. The van der Waals surface area contributed by atoms with E-state index in [2.05, 4.69) is 0 Å². The van der Waals surface area contributed by atoms with Crippen molar-refractivity contribution in [3.63, 3.8) is 0 Å². The summed E-state index contributed by atoms with van der Waals surface area (Å²) < 4.78 is 0. The van der Waals surface area contributed by atoms with E-state index in [1.807, 2.05) is 0 Å². The fourth-order valence-corrected chi connectivity index (χ4v) is 1.22. The van der Waals surface area contributed by atoms with Crippen LogP contribution in [0.1, 0.15) is 11.1 Å². The molecule has 1 aromatic rings. The summed E-state index contributed by atoms with van der Waals surface area (Å²) in [6.07, 6.45) is 1.09. The maximum Gasteiger partial charge on any atom is 0.346 e. The molecule has 0 spiro atoms. The molecule has 0 aliphatic carbocycles. The van der Waals surface area contributed by atoms with E-state index in [4.69, 9.17) is 10.4 Å². The molecule has 86 valence electrons. The third-order valence-corrected chi connectivity index (χ3v) is 2.09. The number of rotatable bonds is 3. The third-order valence-electron chi connectivity index (χ3n) is 2.09. The van der Waals surface area contributed by atoms with E-state index in [9.17, 15) is 14.9 Å². The second-order valence-corrected chi connectivity index (χ2v) is 3.28. The van der Waals surface area contributed by atoms with Gasteiger partial charge in [-0.3, -0.25) is 10.1 Å². The second kappa shape index (κ2) is 4.90. The first kappa shape index (κ1) is 12.4. The number of nitro benzene ring substituents is 1.